The third-order valence-corrected chi connectivity index (χ3v) is 2.96. The van der Waals surface area contributed by atoms with Crippen molar-refractivity contribution < 1.29 is 4.74 Å². The summed E-state index contributed by atoms with van der Waals surface area (Å²) in [6, 6.07) is 11.9. The number of para-hydroxylation sites is 1. The number of rotatable bonds is 6. The Balaban J connectivity index is 1.79. The molecule has 0 aliphatic heterocycles. The zero-order valence-corrected chi connectivity index (χ0v) is 12.3. The summed E-state index contributed by atoms with van der Waals surface area (Å²) in [5.74, 6) is 1.69. The number of aromatic nitrogens is 2. The van der Waals surface area contributed by atoms with E-state index in [1.54, 1.807) is 0 Å². The third-order valence-electron chi connectivity index (χ3n) is 2.96. The molecule has 20 heavy (non-hydrogen) atoms. The van der Waals surface area contributed by atoms with Gasteiger partial charge in [0.1, 0.15) is 5.75 Å². The second-order valence-electron chi connectivity index (χ2n) is 4.89. The Bertz CT molecular complexity index is 522. The van der Waals surface area contributed by atoms with E-state index < -0.39 is 0 Å². The van der Waals surface area contributed by atoms with Gasteiger partial charge in [-0.3, -0.25) is 0 Å². The standard InChI is InChI=1S/C16H21N3O/c1-13-12-14(2)18-16(17-13)19(3)10-7-11-20-15-8-5-4-6-9-15/h4-6,8-9,12H,7,10-11H2,1-3H3. The van der Waals surface area contributed by atoms with Crippen molar-refractivity contribution in [3.63, 3.8) is 0 Å². The van der Waals surface area contributed by atoms with Crippen molar-refractivity contribution in [1.29, 1.82) is 0 Å². The van der Waals surface area contributed by atoms with Crippen molar-refractivity contribution in [2.45, 2.75) is 20.3 Å². The SMILES string of the molecule is Cc1cc(C)nc(N(C)CCCOc2ccccc2)n1. The van der Waals surface area contributed by atoms with E-state index in [2.05, 4.69) is 14.9 Å². The van der Waals surface area contributed by atoms with Crippen LogP contribution in [0.25, 0.3) is 0 Å². The third kappa shape index (κ3) is 4.23. The Morgan fingerprint density at radius 3 is 2.35 bits per heavy atom. The summed E-state index contributed by atoms with van der Waals surface area (Å²) in [7, 11) is 2.01. The van der Waals surface area contributed by atoms with E-state index >= 15 is 0 Å². The molecule has 1 aromatic carbocycles. The van der Waals surface area contributed by atoms with Crippen LogP contribution in [0.15, 0.2) is 36.4 Å². The Hall–Kier alpha value is -2.10. The molecule has 0 saturated heterocycles. The molecule has 0 N–H and O–H groups in total. The zero-order valence-electron chi connectivity index (χ0n) is 12.3. The molecule has 4 heteroatoms. The van der Waals surface area contributed by atoms with Gasteiger partial charge in [-0.1, -0.05) is 18.2 Å². The van der Waals surface area contributed by atoms with Crippen LogP contribution in [0.4, 0.5) is 5.95 Å². The fraction of sp³-hybridized carbons (Fsp3) is 0.375. The number of ether oxygens (including phenoxy) is 1. The molecule has 0 unspecified atom stereocenters. The van der Waals surface area contributed by atoms with Gasteiger partial charge in [0.25, 0.3) is 0 Å². The lowest BCUT2D eigenvalue weighted by molar-refractivity contribution is 0.312. The van der Waals surface area contributed by atoms with Crippen molar-refractivity contribution in [2.24, 2.45) is 0 Å². The topological polar surface area (TPSA) is 38.2 Å². The van der Waals surface area contributed by atoms with Crippen LogP contribution in [-0.2, 0) is 0 Å². The highest BCUT2D eigenvalue weighted by Crippen LogP contribution is 2.10. The molecule has 0 aliphatic carbocycles. The maximum absolute atomic E-state index is 5.67. The first-order valence-electron chi connectivity index (χ1n) is 6.86. The van der Waals surface area contributed by atoms with E-state index in [9.17, 15) is 0 Å². The molecule has 4 nitrogen and oxygen atoms in total. The molecule has 0 amide bonds. The van der Waals surface area contributed by atoms with Crippen molar-refractivity contribution in [1.82, 2.24) is 9.97 Å². The molecule has 0 saturated carbocycles. The fourth-order valence-corrected chi connectivity index (χ4v) is 1.99. The maximum atomic E-state index is 5.67. The van der Waals surface area contributed by atoms with Crippen LogP contribution in [0, 0.1) is 13.8 Å². The molecule has 2 rings (SSSR count). The first kappa shape index (κ1) is 14.3. The number of hydrogen-bond acceptors (Lipinski definition) is 4. The highest BCUT2D eigenvalue weighted by Gasteiger charge is 2.05. The van der Waals surface area contributed by atoms with Crippen LogP contribution in [0.2, 0.25) is 0 Å². The summed E-state index contributed by atoms with van der Waals surface area (Å²) in [5, 5.41) is 0. The second kappa shape index (κ2) is 6.89. The molecule has 2 aromatic rings. The molecular weight excluding hydrogens is 250 g/mol. The van der Waals surface area contributed by atoms with Crippen LogP contribution in [0.3, 0.4) is 0 Å². The second-order valence-corrected chi connectivity index (χ2v) is 4.89. The maximum Gasteiger partial charge on any atom is 0.225 e. The van der Waals surface area contributed by atoms with Crippen LogP contribution >= 0.6 is 0 Å². The van der Waals surface area contributed by atoms with E-state index in [-0.39, 0.29) is 0 Å². The summed E-state index contributed by atoms with van der Waals surface area (Å²) in [6.07, 6.45) is 0.932. The molecule has 0 fully saturated rings. The normalized spacial score (nSPS) is 10.3. The zero-order chi connectivity index (χ0) is 14.4. The van der Waals surface area contributed by atoms with Crippen LogP contribution < -0.4 is 9.64 Å². The van der Waals surface area contributed by atoms with Crippen LogP contribution in [0.1, 0.15) is 17.8 Å². The minimum Gasteiger partial charge on any atom is -0.494 e. The van der Waals surface area contributed by atoms with Crippen molar-refractivity contribution in [2.75, 3.05) is 25.1 Å². The summed E-state index contributed by atoms with van der Waals surface area (Å²) >= 11 is 0. The first-order valence-corrected chi connectivity index (χ1v) is 6.86. The molecule has 1 aromatic heterocycles. The first-order chi connectivity index (χ1) is 9.65. The van der Waals surface area contributed by atoms with Gasteiger partial charge in [-0.15, -0.1) is 0 Å². The quantitative estimate of drug-likeness (QED) is 0.757. The Morgan fingerprint density at radius 2 is 1.70 bits per heavy atom. The lowest BCUT2D eigenvalue weighted by Gasteiger charge is -2.17. The predicted molar refractivity (Wildman–Crippen MR) is 81.3 cm³/mol. The highest BCUT2D eigenvalue weighted by molar-refractivity contribution is 5.30. The van der Waals surface area contributed by atoms with Gasteiger partial charge in [0.2, 0.25) is 5.95 Å². The molecule has 0 radical (unpaired) electrons. The van der Waals surface area contributed by atoms with Gasteiger partial charge in [0.05, 0.1) is 6.61 Å². The predicted octanol–water partition coefficient (Wildman–Crippen LogP) is 3.00. The largest absolute Gasteiger partial charge is 0.494 e. The average molecular weight is 271 g/mol. The number of anilines is 1. The van der Waals surface area contributed by atoms with E-state index in [4.69, 9.17) is 4.74 Å². The lowest BCUT2D eigenvalue weighted by Crippen LogP contribution is -2.23. The van der Waals surface area contributed by atoms with Gasteiger partial charge in [-0.25, -0.2) is 9.97 Å². The number of benzene rings is 1. The van der Waals surface area contributed by atoms with Crippen LogP contribution in [0.5, 0.6) is 5.75 Å². The van der Waals surface area contributed by atoms with Gasteiger partial charge in [0, 0.05) is 25.0 Å². The molecule has 1 heterocycles. The van der Waals surface area contributed by atoms with E-state index in [0.29, 0.717) is 6.61 Å². The number of aryl methyl sites for hydroxylation is 2. The molecule has 0 aliphatic rings. The van der Waals surface area contributed by atoms with E-state index in [0.717, 1.165) is 36.1 Å². The van der Waals surface area contributed by atoms with Gasteiger partial charge >= 0.3 is 0 Å². The summed E-state index contributed by atoms with van der Waals surface area (Å²) in [5.41, 5.74) is 2.00. The van der Waals surface area contributed by atoms with Crippen molar-refractivity contribution >= 4 is 5.95 Å². The van der Waals surface area contributed by atoms with Gasteiger partial charge in [0.15, 0.2) is 0 Å². The molecule has 0 atom stereocenters. The van der Waals surface area contributed by atoms with Gasteiger partial charge < -0.3 is 9.64 Å². The minimum absolute atomic E-state index is 0.694. The smallest absolute Gasteiger partial charge is 0.225 e. The molecule has 106 valence electrons. The Labute approximate surface area is 120 Å². The lowest BCUT2D eigenvalue weighted by atomic mass is 10.3. The molecule has 0 spiro atoms. The van der Waals surface area contributed by atoms with Gasteiger partial charge in [-0.05, 0) is 38.5 Å². The highest BCUT2D eigenvalue weighted by atomic mass is 16.5. The minimum atomic E-state index is 0.694. The van der Waals surface area contributed by atoms with E-state index in [1.165, 1.54) is 0 Å². The number of hydrogen-bond donors (Lipinski definition) is 0. The summed E-state index contributed by atoms with van der Waals surface area (Å²) < 4.78 is 5.67. The Morgan fingerprint density at radius 1 is 1.05 bits per heavy atom. The molecule has 0 bridgehead atoms. The summed E-state index contributed by atoms with van der Waals surface area (Å²) in [6.45, 7) is 5.55. The van der Waals surface area contributed by atoms with Gasteiger partial charge in [-0.2, -0.15) is 0 Å². The number of nitrogens with zero attached hydrogens (tertiary/aromatic N) is 3. The average Bonchev–Trinajstić information content (AvgIpc) is 2.43. The van der Waals surface area contributed by atoms with E-state index in [1.807, 2.05) is 57.3 Å². The van der Waals surface area contributed by atoms with Crippen molar-refractivity contribution in [3.8, 4) is 5.75 Å². The van der Waals surface area contributed by atoms with Crippen molar-refractivity contribution in [3.05, 3.63) is 47.8 Å². The Kier molecular flexibility index (Phi) is 4.93. The fourth-order valence-electron chi connectivity index (χ4n) is 1.99. The molecular formula is C16H21N3O. The monoisotopic (exact) mass is 271 g/mol. The summed E-state index contributed by atoms with van der Waals surface area (Å²) in [4.78, 5) is 11.0. The van der Waals surface area contributed by atoms with Crippen LogP contribution in [-0.4, -0.2) is 30.2 Å².